The first kappa shape index (κ1) is 18.2. The van der Waals surface area contributed by atoms with Crippen molar-refractivity contribution in [1.29, 1.82) is 5.26 Å². The second-order valence-electron chi connectivity index (χ2n) is 6.81. The predicted octanol–water partition coefficient (Wildman–Crippen LogP) is 3.83. The van der Waals surface area contributed by atoms with Crippen LogP contribution in [-0.4, -0.2) is 19.6 Å². The number of thioether (sulfide) groups is 1. The van der Waals surface area contributed by atoms with Gasteiger partial charge in [0.05, 0.1) is 6.20 Å². The maximum absolute atomic E-state index is 12.1. The van der Waals surface area contributed by atoms with E-state index in [4.69, 9.17) is 5.26 Å². The van der Waals surface area contributed by atoms with E-state index in [9.17, 15) is 4.79 Å². The van der Waals surface area contributed by atoms with Crippen molar-refractivity contribution in [2.45, 2.75) is 50.4 Å². The molecular formula is C19H21N5OS. The molecule has 3 aromatic rings. The average molecular weight is 367 g/mol. The second-order valence-corrected chi connectivity index (χ2v) is 7.77. The molecular weight excluding hydrogens is 346 g/mol. The van der Waals surface area contributed by atoms with Gasteiger partial charge in [0, 0.05) is 5.75 Å². The van der Waals surface area contributed by atoms with Gasteiger partial charge < -0.3 is 0 Å². The number of H-pyrrole nitrogens is 1. The Morgan fingerprint density at radius 2 is 2.04 bits per heavy atom. The Morgan fingerprint density at radius 3 is 2.69 bits per heavy atom. The molecule has 6 nitrogen and oxygen atoms in total. The van der Waals surface area contributed by atoms with Crippen LogP contribution in [0.2, 0.25) is 0 Å². The molecule has 1 N–H and O–H groups in total. The van der Waals surface area contributed by atoms with Crippen molar-refractivity contribution in [2.24, 2.45) is 0 Å². The van der Waals surface area contributed by atoms with Crippen molar-refractivity contribution in [2.75, 3.05) is 0 Å². The highest BCUT2D eigenvalue weighted by atomic mass is 32.2. The third-order valence-corrected chi connectivity index (χ3v) is 5.22. The van der Waals surface area contributed by atoms with Crippen LogP contribution < -0.4 is 5.69 Å². The van der Waals surface area contributed by atoms with Crippen LogP contribution in [0.25, 0.3) is 5.65 Å². The molecule has 1 aromatic carbocycles. The highest BCUT2D eigenvalue weighted by Crippen LogP contribution is 2.29. The zero-order chi connectivity index (χ0) is 18.8. The van der Waals surface area contributed by atoms with Crippen molar-refractivity contribution in [3.8, 4) is 6.07 Å². The van der Waals surface area contributed by atoms with E-state index in [0.29, 0.717) is 28.3 Å². The van der Waals surface area contributed by atoms with E-state index in [2.05, 4.69) is 61.0 Å². The highest BCUT2D eigenvalue weighted by Gasteiger charge is 2.13. The summed E-state index contributed by atoms with van der Waals surface area (Å²) in [7, 11) is 0. The topological polar surface area (TPSA) is 86.8 Å². The zero-order valence-electron chi connectivity index (χ0n) is 15.3. The molecule has 26 heavy (non-hydrogen) atoms. The molecule has 0 radical (unpaired) electrons. The quantitative estimate of drug-likeness (QED) is 0.693. The van der Waals surface area contributed by atoms with Gasteiger partial charge in [-0.1, -0.05) is 57.7 Å². The Kier molecular flexibility index (Phi) is 5.14. The molecule has 7 heteroatoms. The normalized spacial score (nSPS) is 11.4. The number of rotatable bonds is 5. The summed E-state index contributed by atoms with van der Waals surface area (Å²) in [4.78, 5) is 19.2. The molecule has 0 spiro atoms. The molecule has 2 heterocycles. The van der Waals surface area contributed by atoms with Crippen molar-refractivity contribution in [3.05, 3.63) is 57.1 Å². The maximum atomic E-state index is 12.1. The third kappa shape index (κ3) is 3.51. The van der Waals surface area contributed by atoms with Gasteiger partial charge in [0.15, 0.2) is 10.8 Å². The molecule has 0 amide bonds. The Labute approximate surface area is 156 Å². The number of nitrogens with zero attached hydrogens (tertiary/aromatic N) is 4. The van der Waals surface area contributed by atoms with E-state index in [1.54, 1.807) is 0 Å². The summed E-state index contributed by atoms with van der Waals surface area (Å²) in [5.74, 6) is 1.60. The molecule has 0 saturated carbocycles. The van der Waals surface area contributed by atoms with Crippen LogP contribution >= 0.6 is 11.8 Å². The molecule has 0 unspecified atom stereocenters. The van der Waals surface area contributed by atoms with E-state index in [1.807, 2.05) is 6.07 Å². The van der Waals surface area contributed by atoms with Gasteiger partial charge in [-0.25, -0.2) is 9.78 Å². The molecule has 0 bridgehead atoms. The fourth-order valence-electron chi connectivity index (χ4n) is 2.80. The monoisotopic (exact) mass is 367 g/mol. The lowest BCUT2D eigenvalue weighted by atomic mass is 9.92. The van der Waals surface area contributed by atoms with E-state index in [1.165, 1.54) is 34.6 Å². The Balaban J connectivity index is 1.91. The van der Waals surface area contributed by atoms with E-state index < -0.39 is 5.69 Å². The second kappa shape index (κ2) is 7.34. The van der Waals surface area contributed by atoms with Crippen LogP contribution in [0.15, 0.2) is 34.3 Å². The van der Waals surface area contributed by atoms with Crippen molar-refractivity contribution < 1.29 is 0 Å². The lowest BCUT2D eigenvalue weighted by Crippen LogP contribution is -2.19. The number of benzene rings is 1. The molecule has 0 fully saturated rings. The Morgan fingerprint density at radius 1 is 1.27 bits per heavy atom. The summed E-state index contributed by atoms with van der Waals surface area (Å²) in [5, 5.41) is 13.5. The van der Waals surface area contributed by atoms with Crippen molar-refractivity contribution in [3.63, 3.8) is 0 Å². The van der Waals surface area contributed by atoms with E-state index in [0.717, 1.165) is 4.52 Å². The minimum atomic E-state index is -0.391. The lowest BCUT2D eigenvalue weighted by molar-refractivity contribution is 0.786. The SMILES string of the molecule is CC(C)c1ccc(CSc2nc3c(C#N)cnn3c(=O)[nH]2)c(C(C)C)c1. The summed E-state index contributed by atoms with van der Waals surface area (Å²) in [6.07, 6.45) is 1.35. The standard InChI is InChI=1S/C19H21N5OS/c1-11(2)13-5-6-14(16(7-13)12(3)4)10-26-18-22-17-15(8-20)9-21-24(17)19(25)23-18/h5-7,9,11-12H,10H2,1-4H3,(H,22,23,25). The summed E-state index contributed by atoms with van der Waals surface area (Å²) in [6, 6.07) is 8.61. The van der Waals surface area contributed by atoms with Crippen LogP contribution in [0.1, 0.15) is 61.8 Å². The van der Waals surface area contributed by atoms with Crippen LogP contribution in [-0.2, 0) is 5.75 Å². The molecule has 0 aliphatic heterocycles. The van der Waals surface area contributed by atoms with Crippen LogP contribution in [0, 0.1) is 11.3 Å². The molecule has 0 aliphatic rings. The Bertz CT molecular complexity index is 1040. The summed E-state index contributed by atoms with van der Waals surface area (Å²) >= 11 is 1.45. The van der Waals surface area contributed by atoms with Crippen LogP contribution in [0.4, 0.5) is 0 Å². The van der Waals surface area contributed by atoms with Gasteiger partial charge in [-0.3, -0.25) is 4.98 Å². The van der Waals surface area contributed by atoms with Gasteiger partial charge in [-0.05, 0) is 28.5 Å². The zero-order valence-corrected chi connectivity index (χ0v) is 16.1. The number of nitrogens with one attached hydrogen (secondary N) is 1. The van der Waals surface area contributed by atoms with E-state index in [-0.39, 0.29) is 5.65 Å². The number of nitriles is 1. The summed E-state index contributed by atoms with van der Waals surface area (Å²) in [5.41, 5.74) is 4.06. The molecule has 3 rings (SSSR count). The highest BCUT2D eigenvalue weighted by molar-refractivity contribution is 7.98. The number of aromatic amines is 1. The largest absolute Gasteiger partial charge is 0.350 e. The molecule has 0 saturated heterocycles. The maximum Gasteiger partial charge on any atom is 0.350 e. The number of hydrogen-bond donors (Lipinski definition) is 1. The first-order valence-corrected chi connectivity index (χ1v) is 9.53. The van der Waals surface area contributed by atoms with Gasteiger partial charge in [0.25, 0.3) is 0 Å². The minimum Gasteiger partial charge on any atom is -0.285 e. The number of hydrogen-bond acceptors (Lipinski definition) is 5. The van der Waals surface area contributed by atoms with E-state index >= 15 is 0 Å². The fourth-order valence-corrected chi connectivity index (χ4v) is 3.67. The lowest BCUT2D eigenvalue weighted by Gasteiger charge is -2.16. The number of fused-ring (bicyclic) bond motifs is 1. The van der Waals surface area contributed by atoms with Gasteiger partial charge >= 0.3 is 5.69 Å². The molecule has 0 atom stereocenters. The average Bonchev–Trinajstić information content (AvgIpc) is 3.03. The van der Waals surface area contributed by atoms with Crippen molar-refractivity contribution in [1.82, 2.24) is 19.6 Å². The van der Waals surface area contributed by atoms with Gasteiger partial charge in [0.1, 0.15) is 11.6 Å². The van der Waals surface area contributed by atoms with Crippen molar-refractivity contribution >= 4 is 17.4 Å². The first-order valence-electron chi connectivity index (χ1n) is 8.54. The Hall–Kier alpha value is -2.59. The van der Waals surface area contributed by atoms with Gasteiger partial charge in [0.2, 0.25) is 0 Å². The summed E-state index contributed by atoms with van der Waals surface area (Å²) < 4.78 is 1.11. The van der Waals surface area contributed by atoms with Crippen LogP contribution in [0.5, 0.6) is 0 Å². The number of aromatic nitrogens is 4. The van der Waals surface area contributed by atoms with Gasteiger partial charge in [-0.15, -0.1) is 0 Å². The molecule has 134 valence electrons. The minimum absolute atomic E-state index is 0.290. The predicted molar refractivity (Wildman–Crippen MR) is 103 cm³/mol. The molecule has 2 aromatic heterocycles. The van der Waals surface area contributed by atoms with Gasteiger partial charge in [-0.2, -0.15) is 14.9 Å². The fraction of sp³-hybridized carbons (Fsp3) is 0.368. The molecule has 0 aliphatic carbocycles. The summed E-state index contributed by atoms with van der Waals surface area (Å²) in [6.45, 7) is 8.75. The first-order chi connectivity index (χ1) is 12.4. The van der Waals surface area contributed by atoms with Crippen LogP contribution in [0.3, 0.4) is 0 Å². The third-order valence-electron chi connectivity index (χ3n) is 4.30. The smallest absolute Gasteiger partial charge is 0.285 e.